The van der Waals surface area contributed by atoms with Gasteiger partial charge in [0.15, 0.2) is 0 Å². The molecule has 1 saturated carbocycles. The second-order valence-corrected chi connectivity index (χ2v) is 4.54. The fourth-order valence-electron chi connectivity index (χ4n) is 1.91. The zero-order chi connectivity index (χ0) is 10.5. The Hall–Kier alpha value is -0.610. The first-order valence-electron chi connectivity index (χ1n) is 6.07. The molecule has 0 aromatic rings. The molecule has 2 rings (SSSR count). The molecular formula is C11H21N3O. The molecule has 1 amide bonds. The third-order valence-electron chi connectivity index (χ3n) is 3.03. The zero-order valence-electron chi connectivity index (χ0n) is 9.30. The second kappa shape index (κ2) is 5.47. The molecule has 0 spiro atoms. The quantitative estimate of drug-likeness (QED) is 0.685. The molecule has 1 aliphatic carbocycles. The summed E-state index contributed by atoms with van der Waals surface area (Å²) >= 11 is 0. The Kier molecular flexibility index (Phi) is 3.97. The van der Waals surface area contributed by atoms with E-state index in [1.54, 1.807) is 0 Å². The van der Waals surface area contributed by atoms with Crippen LogP contribution in [-0.4, -0.2) is 49.6 Å². The lowest BCUT2D eigenvalue weighted by Crippen LogP contribution is -2.33. The molecule has 4 nitrogen and oxygen atoms in total. The lowest BCUT2D eigenvalue weighted by molar-refractivity contribution is -0.121. The molecule has 0 bridgehead atoms. The second-order valence-electron chi connectivity index (χ2n) is 4.54. The van der Waals surface area contributed by atoms with Crippen LogP contribution in [0.15, 0.2) is 0 Å². The highest BCUT2D eigenvalue weighted by atomic mass is 16.1. The van der Waals surface area contributed by atoms with Crippen molar-refractivity contribution in [1.29, 1.82) is 0 Å². The molecule has 2 aliphatic rings. The van der Waals surface area contributed by atoms with Crippen LogP contribution in [0.2, 0.25) is 0 Å². The Balaban J connectivity index is 1.60. The van der Waals surface area contributed by atoms with Crippen molar-refractivity contribution in [2.75, 3.05) is 32.7 Å². The van der Waals surface area contributed by atoms with Crippen molar-refractivity contribution in [3.63, 3.8) is 0 Å². The smallest absolute Gasteiger partial charge is 0.221 e. The molecular weight excluding hydrogens is 190 g/mol. The van der Waals surface area contributed by atoms with E-state index in [4.69, 9.17) is 0 Å². The zero-order valence-corrected chi connectivity index (χ0v) is 9.30. The van der Waals surface area contributed by atoms with Gasteiger partial charge in [-0.2, -0.15) is 0 Å². The summed E-state index contributed by atoms with van der Waals surface area (Å²) in [6.07, 6.45) is 4.22. The number of hydrogen-bond donors (Lipinski definition) is 2. The molecule has 1 saturated heterocycles. The standard InChI is InChI=1S/C11H21N3O/c15-11(13-10-2-3-10)4-8-14-7-1-5-12-6-9-14/h10,12H,1-9H2,(H,13,15). The van der Waals surface area contributed by atoms with Crippen LogP contribution in [0.5, 0.6) is 0 Å². The lowest BCUT2D eigenvalue weighted by Gasteiger charge is -2.18. The van der Waals surface area contributed by atoms with Gasteiger partial charge in [0.2, 0.25) is 5.91 Å². The van der Waals surface area contributed by atoms with Gasteiger partial charge < -0.3 is 15.5 Å². The third kappa shape index (κ3) is 4.18. The van der Waals surface area contributed by atoms with Crippen LogP contribution in [0.25, 0.3) is 0 Å². The number of rotatable bonds is 4. The SMILES string of the molecule is O=C(CCN1CCCNCC1)NC1CC1. The van der Waals surface area contributed by atoms with E-state index in [-0.39, 0.29) is 5.91 Å². The minimum Gasteiger partial charge on any atom is -0.353 e. The summed E-state index contributed by atoms with van der Waals surface area (Å²) in [6.45, 7) is 5.30. The molecule has 4 heteroatoms. The molecule has 86 valence electrons. The van der Waals surface area contributed by atoms with Gasteiger partial charge in [-0.1, -0.05) is 0 Å². The number of carbonyl (C=O) groups excluding carboxylic acids is 1. The maximum atomic E-state index is 11.5. The number of amides is 1. The number of nitrogens with one attached hydrogen (secondary N) is 2. The molecule has 2 fully saturated rings. The van der Waals surface area contributed by atoms with E-state index in [2.05, 4.69) is 15.5 Å². The molecule has 0 unspecified atom stereocenters. The van der Waals surface area contributed by atoms with Gasteiger partial charge in [-0.25, -0.2) is 0 Å². The normalized spacial score (nSPS) is 23.5. The van der Waals surface area contributed by atoms with Crippen molar-refractivity contribution in [2.45, 2.75) is 31.7 Å². The predicted molar refractivity (Wildman–Crippen MR) is 59.7 cm³/mol. The van der Waals surface area contributed by atoms with Gasteiger partial charge in [0.25, 0.3) is 0 Å². The van der Waals surface area contributed by atoms with E-state index in [0.29, 0.717) is 12.5 Å². The minimum absolute atomic E-state index is 0.231. The minimum atomic E-state index is 0.231. The molecule has 0 atom stereocenters. The first-order valence-corrected chi connectivity index (χ1v) is 6.07. The molecule has 15 heavy (non-hydrogen) atoms. The Bertz CT molecular complexity index is 208. The Morgan fingerprint density at radius 1 is 1.33 bits per heavy atom. The third-order valence-corrected chi connectivity index (χ3v) is 3.03. The van der Waals surface area contributed by atoms with Gasteiger partial charge in [-0.3, -0.25) is 4.79 Å². The van der Waals surface area contributed by atoms with Crippen molar-refractivity contribution >= 4 is 5.91 Å². The van der Waals surface area contributed by atoms with Crippen LogP contribution >= 0.6 is 0 Å². The largest absolute Gasteiger partial charge is 0.353 e. The monoisotopic (exact) mass is 211 g/mol. The number of nitrogens with zero attached hydrogens (tertiary/aromatic N) is 1. The van der Waals surface area contributed by atoms with Gasteiger partial charge in [-0.05, 0) is 32.4 Å². The average molecular weight is 211 g/mol. The Labute approximate surface area is 91.4 Å². The fraction of sp³-hybridized carbons (Fsp3) is 0.909. The van der Waals surface area contributed by atoms with Crippen molar-refractivity contribution in [1.82, 2.24) is 15.5 Å². The molecule has 2 N–H and O–H groups in total. The van der Waals surface area contributed by atoms with Gasteiger partial charge >= 0.3 is 0 Å². The Morgan fingerprint density at radius 3 is 3.00 bits per heavy atom. The van der Waals surface area contributed by atoms with Gasteiger partial charge in [0.05, 0.1) is 0 Å². The number of hydrogen-bond acceptors (Lipinski definition) is 3. The summed E-state index contributed by atoms with van der Waals surface area (Å²) in [5, 5.41) is 6.39. The molecule has 1 aliphatic heterocycles. The Morgan fingerprint density at radius 2 is 2.20 bits per heavy atom. The molecule has 1 heterocycles. The highest BCUT2D eigenvalue weighted by molar-refractivity contribution is 5.76. The van der Waals surface area contributed by atoms with Crippen molar-refractivity contribution in [2.24, 2.45) is 0 Å². The molecule has 0 radical (unpaired) electrons. The van der Waals surface area contributed by atoms with Crippen LogP contribution in [0, 0.1) is 0 Å². The highest BCUT2D eigenvalue weighted by Gasteiger charge is 2.23. The fourth-order valence-corrected chi connectivity index (χ4v) is 1.91. The van der Waals surface area contributed by atoms with E-state index >= 15 is 0 Å². The first-order chi connectivity index (χ1) is 7.34. The van der Waals surface area contributed by atoms with E-state index < -0.39 is 0 Å². The van der Waals surface area contributed by atoms with Crippen LogP contribution in [0.3, 0.4) is 0 Å². The summed E-state index contributed by atoms with van der Waals surface area (Å²) < 4.78 is 0. The highest BCUT2D eigenvalue weighted by Crippen LogP contribution is 2.18. The van der Waals surface area contributed by atoms with E-state index in [1.165, 1.54) is 19.3 Å². The van der Waals surface area contributed by atoms with Crippen molar-refractivity contribution in [3.05, 3.63) is 0 Å². The van der Waals surface area contributed by atoms with Crippen LogP contribution in [-0.2, 0) is 4.79 Å². The maximum Gasteiger partial charge on any atom is 0.221 e. The van der Waals surface area contributed by atoms with E-state index in [1.807, 2.05) is 0 Å². The topological polar surface area (TPSA) is 44.4 Å². The van der Waals surface area contributed by atoms with E-state index in [9.17, 15) is 4.79 Å². The average Bonchev–Trinajstić information content (AvgIpc) is 3.01. The number of carbonyl (C=O) groups is 1. The molecule has 0 aromatic heterocycles. The summed E-state index contributed by atoms with van der Waals surface area (Å²) in [7, 11) is 0. The van der Waals surface area contributed by atoms with Crippen LogP contribution in [0.1, 0.15) is 25.7 Å². The van der Waals surface area contributed by atoms with Gasteiger partial charge in [-0.15, -0.1) is 0 Å². The summed E-state index contributed by atoms with van der Waals surface area (Å²) in [5.74, 6) is 0.231. The lowest BCUT2D eigenvalue weighted by atomic mass is 10.3. The van der Waals surface area contributed by atoms with Gasteiger partial charge in [0, 0.05) is 32.1 Å². The predicted octanol–water partition coefficient (Wildman–Crippen LogP) is -0.0496. The van der Waals surface area contributed by atoms with Crippen LogP contribution in [0.4, 0.5) is 0 Å². The van der Waals surface area contributed by atoms with Crippen molar-refractivity contribution in [3.8, 4) is 0 Å². The van der Waals surface area contributed by atoms with E-state index in [0.717, 1.165) is 32.7 Å². The van der Waals surface area contributed by atoms with Gasteiger partial charge in [0.1, 0.15) is 0 Å². The van der Waals surface area contributed by atoms with Crippen molar-refractivity contribution < 1.29 is 4.79 Å². The summed E-state index contributed by atoms with van der Waals surface area (Å²) in [6, 6.07) is 0.503. The summed E-state index contributed by atoms with van der Waals surface area (Å²) in [5.41, 5.74) is 0. The first kappa shape index (κ1) is 10.9. The molecule has 0 aromatic carbocycles. The maximum absolute atomic E-state index is 11.5. The van der Waals surface area contributed by atoms with Crippen LogP contribution < -0.4 is 10.6 Å². The summed E-state index contributed by atoms with van der Waals surface area (Å²) in [4.78, 5) is 13.9.